The molecule has 4 nitrogen and oxygen atoms in total. The zero-order valence-electron chi connectivity index (χ0n) is 9.81. The van der Waals surface area contributed by atoms with E-state index >= 15 is 0 Å². The lowest BCUT2D eigenvalue weighted by atomic mass is 10.1. The molecule has 0 radical (unpaired) electrons. The highest BCUT2D eigenvalue weighted by Crippen LogP contribution is 2.01. The van der Waals surface area contributed by atoms with Gasteiger partial charge in [-0.15, -0.1) is 0 Å². The lowest BCUT2D eigenvalue weighted by Crippen LogP contribution is -2.39. The summed E-state index contributed by atoms with van der Waals surface area (Å²) < 4.78 is 7.24. The van der Waals surface area contributed by atoms with Gasteiger partial charge in [-0.2, -0.15) is 0 Å². The molecule has 0 bridgehead atoms. The number of imidazole rings is 1. The van der Waals surface area contributed by atoms with E-state index in [1.807, 2.05) is 12.5 Å². The molecule has 1 rings (SSSR count). The number of rotatable bonds is 7. The molecular weight excluding hydrogens is 190 g/mol. The van der Waals surface area contributed by atoms with E-state index in [9.17, 15) is 0 Å². The fraction of sp³-hybridized carbons (Fsp3) is 0.727. The number of nitrogens with one attached hydrogen (secondary N) is 1. The molecule has 86 valence electrons. The summed E-state index contributed by atoms with van der Waals surface area (Å²) in [7, 11) is 1.74. The molecule has 0 amide bonds. The van der Waals surface area contributed by atoms with Crippen molar-refractivity contribution in [3.8, 4) is 0 Å². The van der Waals surface area contributed by atoms with Gasteiger partial charge in [0.1, 0.15) is 0 Å². The minimum absolute atomic E-state index is 0.429. The zero-order valence-corrected chi connectivity index (χ0v) is 9.81. The first-order valence-corrected chi connectivity index (χ1v) is 5.42. The van der Waals surface area contributed by atoms with Crippen LogP contribution in [-0.2, 0) is 11.3 Å². The largest absolute Gasteiger partial charge is 0.383 e. The summed E-state index contributed by atoms with van der Waals surface area (Å²) in [5.41, 5.74) is 0. The summed E-state index contributed by atoms with van der Waals surface area (Å²) in [5.74, 6) is 0.590. The molecule has 15 heavy (non-hydrogen) atoms. The van der Waals surface area contributed by atoms with E-state index in [-0.39, 0.29) is 0 Å². The van der Waals surface area contributed by atoms with Crippen LogP contribution in [0.25, 0.3) is 0 Å². The summed E-state index contributed by atoms with van der Waals surface area (Å²) in [4.78, 5) is 4.00. The molecular formula is C11H21N3O. The van der Waals surface area contributed by atoms with E-state index in [1.165, 1.54) is 0 Å². The van der Waals surface area contributed by atoms with Crippen molar-refractivity contribution in [1.82, 2.24) is 14.9 Å². The number of methoxy groups -OCH3 is 1. The van der Waals surface area contributed by atoms with Gasteiger partial charge in [0.05, 0.1) is 12.9 Å². The van der Waals surface area contributed by atoms with Gasteiger partial charge in [-0.3, -0.25) is 0 Å². The summed E-state index contributed by atoms with van der Waals surface area (Å²) in [6.07, 6.45) is 5.61. The molecule has 1 heterocycles. The molecule has 0 saturated carbocycles. The van der Waals surface area contributed by atoms with E-state index in [2.05, 4.69) is 28.7 Å². The van der Waals surface area contributed by atoms with Crippen LogP contribution in [0.4, 0.5) is 0 Å². The monoisotopic (exact) mass is 211 g/mol. The standard InChI is InChI=1S/C11H21N3O/c1-10(2)11(8-15-3)13-5-7-14-6-4-12-9-14/h4,6,9-11,13H,5,7-8H2,1-3H3. The maximum Gasteiger partial charge on any atom is 0.0946 e. The molecule has 1 aromatic rings. The number of aromatic nitrogens is 2. The lowest BCUT2D eigenvalue weighted by molar-refractivity contribution is 0.146. The molecule has 1 N–H and O–H groups in total. The Morgan fingerprint density at radius 1 is 1.47 bits per heavy atom. The Hall–Kier alpha value is -0.870. The third-order valence-corrected chi connectivity index (χ3v) is 2.49. The summed E-state index contributed by atoms with van der Waals surface area (Å²) >= 11 is 0. The highest BCUT2D eigenvalue weighted by atomic mass is 16.5. The van der Waals surface area contributed by atoms with Crippen molar-refractivity contribution in [3.05, 3.63) is 18.7 Å². The van der Waals surface area contributed by atoms with Crippen molar-refractivity contribution in [2.75, 3.05) is 20.3 Å². The highest BCUT2D eigenvalue weighted by Gasteiger charge is 2.11. The Balaban J connectivity index is 2.22. The van der Waals surface area contributed by atoms with Gasteiger partial charge >= 0.3 is 0 Å². The van der Waals surface area contributed by atoms with Crippen molar-refractivity contribution in [1.29, 1.82) is 0 Å². The Morgan fingerprint density at radius 3 is 2.80 bits per heavy atom. The first-order valence-electron chi connectivity index (χ1n) is 5.42. The molecule has 0 aromatic carbocycles. The van der Waals surface area contributed by atoms with E-state index in [0.29, 0.717) is 12.0 Å². The predicted molar refractivity (Wildman–Crippen MR) is 60.7 cm³/mol. The predicted octanol–water partition coefficient (Wildman–Crippen LogP) is 1.14. The molecule has 1 atom stereocenters. The van der Waals surface area contributed by atoms with E-state index in [4.69, 9.17) is 4.74 Å². The van der Waals surface area contributed by atoms with Crippen LogP contribution in [0.3, 0.4) is 0 Å². The van der Waals surface area contributed by atoms with Crippen LogP contribution in [0, 0.1) is 5.92 Å². The van der Waals surface area contributed by atoms with Gasteiger partial charge in [-0.05, 0) is 5.92 Å². The molecule has 0 fully saturated rings. The maximum atomic E-state index is 5.17. The van der Waals surface area contributed by atoms with Gasteiger partial charge in [0, 0.05) is 38.6 Å². The van der Waals surface area contributed by atoms with Crippen molar-refractivity contribution in [2.45, 2.75) is 26.4 Å². The van der Waals surface area contributed by atoms with Crippen molar-refractivity contribution < 1.29 is 4.74 Å². The topological polar surface area (TPSA) is 39.1 Å². The minimum atomic E-state index is 0.429. The average molecular weight is 211 g/mol. The fourth-order valence-electron chi connectivity index (χ4n) is 1.46. The minimum Gasteiger partial charge on any atom is -0.383 e. The van der Waals surface area contributed by atoms with Crippen molar-refractivity contribution in [3.63, 3.8) is 0 Å². The van der Waals surface area contributed by atoms with Gasteiger partial charge in [0.15, 0.2) is 0 Å². The Kier molecular flexibility index (Phi) is 5.36. The smallest absolute Gasteiger partial charge is 0.0946 e. The summed E-state index contributed by atoms with van der Waals surface area (Å²) in [6, 6.07) is 0.429. The highest BCUT2D eigenvalue weighted by molar-refractivity contribution is 4.75. The van der Waals surface area contributed by atoms with Crippen LogP contribution < -0.4 is 5.32 Å². The average Bonchev–Trinajstić information content (AvgIpc) is 2.69. The van der Waals surface area contributed by atoms with Crippen molar-refractivity contribution >= 4 is 0 Å². The second-order valence-corrected chi connectivity index (χ2v) is 4.06. The Bertz CT molecular complexity index is 246. The van der Waals surface area contributed by atoms with Gasteiger partial charge in [-0.1, -0.05) is 13.8 Å². The first-order chi connectivity index (χ1) is 7.24. The third kappa shape index (κ3) is 4.44. The fourth-order valence-corrected chi connectivity index (χ4v) is 1.46. The number of nitrogens with zero attached hydrogens (tertiary/aromatic N) is 2. The SMILES string of the molecule is COCC(NCCn1ccnc1)C(C)C. The molecule has 0 aliphatic rings. The van der Waals surface area contributed by atoms with Gasteiger partial charge < -0.3 is 14.6 Å². The van der Waals surface area contributed by atoms with Crippen molar-refractivity contribution in [2.24, 2.45) is 5.92 Å². The van der Waals surface area contributed by atoms with Gasteiger partial charge in [0.2, 0.25) is 0 Å². The molecule has 4 heteroatoms. The van der Waals surface area contributed by atoms with E-state index in [1.54, 1.807) is 13.3 Å². The lowest BCUT2D eigenvalue weighted by Gasteiger charge is -2.21. The first kappa shape index (κ1) is 12.2. The summed E-state index contributed by atoms with van der Waals surface area (Å²) in [6.45, 7) is 7.07. The Labute approximate surface area is 91.7 Å². The summed E-state index contributed by atoms with van der Waals surface area (Å²) in [5, 5.41) is 3.48. The Morgan fingerprint density at radius 2 is 2.27 bits per heavy atom. The molecule has 0 aliphatic carbocycles. The third-order valence-electron chi connectivity index (χ3n) is 2.49. The van der Waals surface area contributed by atoms with Crippen LogP contribution in [0.5, 0.6) is 0 Å². The van der Waals surface area contributed by atoms with Crippen LogP contribution in [0.1, 0.15) is 13.8 Å². The second-order valence-electron chi connectivity index (χ2n) is 4.06. The molecule has 0 saturated heterocycles. The van der Waals surface area contributed by atoms with Crippen LogP contribution in [-0.4, -0.2) is 35.9 Å². The van der Waals surface area contributed by atoms with Crippen LogP contribution >= 0.6 is 0 Å². The number of hydrogen-bond donors (Lipinski definition) is 1. The molecule has 1 aromatic heterocycles. The molecule has 0 aliphatic heterocycles. The zero-order chi connectivity index (χ0) is 11.1. The van der Waals surface area contributed by atoms with Crippen LogP contribution in [0.15, 0.2) is 18.7 Å². The van der Waals surface area contributed by atoms with Gasteiger partial charge in [-0.25, -0.2) is 4.98 Å². The molecule has 0 spiro atoms. The second kappa shape index (κ2) is 6.58. The number of hydrogen-bond acceptors (Lipinski definition) is 3. The van der Waals surface area contributed by atoms with Gasteiger partial charge in [0.25, 0.3) is 0 Å². The normalized spacial score (nSPS) is 13.3. The van der Waals surface area contributed by atoms with Crippen LogP contribution in [0.2, 0.25) is 0 Å². The number of ether oxygens (including phenoxy) is 1. The van der Waals surface area contributed by atoms with E-state index in [0.717, 1.165) is 19.7 Å². The quantitative estimate of drug-likeness (QED) is 0.735. The maximum absolute atomic E-state index is 5.17. The van der Waals surface area contributed by atoms with E-state index < -0.39 is 0 Å². The molecule has 1 unspecified atom stereocenters.